The lowest BCUT2D eigenvalue weighted by molar-refractivity contribution is -0.198. The van der Waals surface area contributed by atoms with E-state index in [1.165, 1.54) is 23.7 Å². The lowest BCUT2D eigenvalue weighted by Gasteiger charge is -2.34. The van der Waals surface area contributed by atoms with E-state index in [1.807, 2.05) is 10.7 Å². The van der Waals surface area contributed by atoms with E-state index in [0.29, 0.717) is 31.9 Å². The fourth-order valence-electron chi connectivity index (χ4n) is 3.36. The van der Waals surface area contributed by atoms with E-state index in [0.717, 1.165) is 18.5 Å². The normalized spacial score (nSPS) is 19.9. The molecule has 4 heterocycles. The second-order valence-electron chi connectivity index (χ2n) is 6.44. The highest BCUT2D eigenvalue weighted by atomic mass is 16.7. The van der Waals surface area contributed by atoms with Crippen molar-refractivity contribution in [2.75, 3.05) is 19.7 Å². The number of hydrogen-bond donors (Lipinski definition) is 0. The van der Waals surface area contributed by atoms with Crippen LogP contribution in [0.3, 0.4) is 0 Å². The minimum Gasteiger partial charge on any atom is -0.329 e. The smallest absolute Gasteiger partial charge is 0.274 e. The first-order chi connectivity index (χ1) is 12.7. The molecule has 136 valence electrons. The second-order valence-corrected chi connectivity index (χ2v) is 6.44. The molecule has 0 aromatic carbocycles. The van der Waals surface area contributed by atoms with Crippen LogP contribution in [0.15, 0.2) is 30.9 Å². The second kappa shape index (κ2) is 7.20. The van der Waals surface area contributed by atoms with E-state index in [4.69, 9.17) is 4.84 Å². The zero-order chi connectivity index (χ0) is 17.9. The maximum atomic E-state index is 12.7. The average Bonchev–Trinajstić information content (AvgIpc) is 3.17. The predicted molar refractivity (Wildman–Crippen MR) is 89.6 cm³/mol. The summed E-state index contributed by atoms with van der Waals surface area (Å²) in [6.45, 7) is 2.00. The molecule has 2 aliphatic heterocycles. The lowest BCUT2D eigenvalue weighted by Crippen LogP contribution is -2.44. The molecule has 4 rings (SSSR count). The van der Waals surface area contributed by atoms with Crippen LogP contribution in [0.25, 0.3) is 0 Å². The Balaban J connectivity index is 1.51. The van der Waals surface area contributed by atoms with Gasteiger partial charge in [0.15, 0.2) is 0 Å². The van der Waals surface area contributed by atoms with Gasteiger partial charge in [0.25, 0.3) is 5.91 Å². The molecular weight excluding hydrogens is 336 g/mol. The van der Waals surface area contributed by atoms with Crippen molar-refractivity contribution in [1.82, 2.24) is 29.7 Å². The Labute approximate surface area is 150 Å². The minimum atomic E-state index is -0.229. The molecule has 2 aromatic rings. The predicted octanol–water partition coefficient (Wildman–Crippen LogP) is 0.814. The Morgan fingerprint density at radius 1 is 1.23 bits per heavy atom. The zero-order valence-electron chi connectivity index (χ0n) is 14.3. The zero-order valence-corrected chi connectivity index (χ0v) is 14.3. The van der Waals surface area contributed by atoms with Crippen LogP contribution in [0.2, 0.25) is 0 Å². The van der Waals surface area contributed by atoms with Crippen LogP contribution in [0.1, 0.15) is 41.5 Å². The average molecular weight is 356 g/mol. The summed E-state index contributed by atoms with van der Waals surface area (Å²) in [5, 5.41) is 5.78. The summed E-state index contributed by atoms with van der Waals surface area (Å²) < 4.78 is 1.84. The topological polar surface area (TPSA) is 93.5 Å². The summed E-state index contributed by atoms with van der Waals surface area (Å²) in [6.07, 6.45) is 8.32. The molecule has 2 aromatic heterocycles. The Morgan fingerprint density at radius 3 is 2.92 bits per heavy atom. The highest BCUT2D eigenvalue weighted by Crippen LogP contribution is 2.25. The van der Waals surface area contributed by atoms with Crippen LogP contribution in [-0.4, -0.2) is 61.2 Å². The Bertz CT molecular complexity index is 787. The van der Waals surface area contributed by atoms with Crippen LogP contribution in [0.4, 0.5) is 0 Å². The van der Waals surface area contributed by atoms with Gasteiger partial charge in [-0.3, -0.25) is 24.1 Å². The number of aromatic nitrogens is 4. The third-order valence-corrected chi connectivity index (χ3v) is 4.64. The molecule has 0 N–H and O–H groups in total. The molecule has 0 bridgehead atoms. The van der Waals surface area contributed by atoms with E-state index < -0.39 is 0 Å². The quantitative estimate of drug-likeness (QED) is 0.808. The molecule has 1 fully saturated rings. The van der Waals surface area contributed by atoms with Crippen molar-refractivity contribution in [1.29, 1.82) is 0 Å². The van der Waals surface area contributed by atoms with Crippen LogP contribution < -0.4 is 0 Å². The molecule has 0 radical (unpaired) electrons. The maximum Gasteiger partial charge on any atom is 0.274 e. The third-order valence-electron chi connectivity index (χ3n) is 4.64. The van der Waals surface area contributed by atoms with Crippen molar-refractivity contribution >= 4 is 11.8 Å². The molecule has 0 aliphatic carbocycles. The maximum absolute atomic E-state index is 12.7. The molecule has 0 unspecified atom stereocenters. The van der Waals surface area contributed by atoms with Gasteiger partial charge in [-0.05, 0) is 18.9 Å². The molecule has 26 heavy (non-hydrogen) atoms. The van der Waals surface area contributed by atoms with Gasteiger partial charge in [0, 0.05) is 31.7 Å². The van der Waals surface area contributed by atoms with Gasteiger partial charge in [-0.25, -0.2) is 10.0 Å². The minimum absolute atomic E-state index is 0.0787. The Hall–Kier alpha value is -2.81. The molecule has 9 nitrogen and oxygen atoms in total. The molecule has 9 heteroatoms. The van der Waals surface area contributed by atoms with Gasteiger partial charge in [-0.1, -0.05) is 0 Å². The van der Waals surface area contributed by atoms with Crippen LogP contribution in [-0.2, 0) is 16.2 Å². The first-order valence-electron chi connectivity index (χ1n) is 8.73. The summed E-state index contributed by atoms with van der Waals surface area (Å²) in [4.78, 5) is 40.5. The number of carbonyl (C=O) groups excluding carboxylic acids is 2. The van der Waals surface area contributed by atoms with Gasteiger partial charge in [0.1, 0.15) is 5.69 Å². The molecule has 0 saturated carbocycles. The van der Waals surface area contributed by atoms with Crippen molar-refractivity contribution in [3.05, 3.63) is 42.2 Å². The van der Waals surface area contributed by atoms with Crippen LogP contribution in [0.5, 0.6) is 0 Å². The largest absolute Gasteiger partial charge is 0.329 e. The van der Waals surface area contributed by atoms with Gasteiger partial charge in [-0.2, -0.15) is 5.10 Å². The molecule has 1 atom stereocenters. The molecule has 2 aliphatic rings. The number of amides is 2. The highest BCUT2D eigenvalue weighted by Gasteiger charge is 2.32. The van der Waals surface area contributed by atoms with Gasteiger partial charge in [0.2, 0.25) is 5.91 Å². The number of rotatable bonds is 3. The van der Waals surface area contributed by atoms with Crippen LogP contribution >= 0.6 is 0 Å². The van der Waals surface area contributed by atoms with Crippen molar-refractivity contribution in [2.24, 2.45) is 0 Å². The number of hydrogen-bond acceptors (Lipinski definition) is 6. The van der Waals surface area contributed by atoms with E-state index in [2.05, 4.69) is 15.1 Å². The summed E-state index contributed by atoms with van der Waals surface area (Å²) in [7, 11) is 0. The fourth-order valence-corrected chi connectivity index (χ4v) is 3.36. The highest BCUT2D eigenvalue weighted by molar-refractivity contribution is 5.92. The first-order valence-corrected chi connectivity index (χ1v) is 8.73. The SMILES string of the molecule is O=C(c1cnccn1)N1Cc2ccnn2[C@@H](CC(=O)N2CCCCO2)C1. The fraction of sp³-hybridized carbons (Fsp3) is 0.471. The standard InChI is InChI=1S/C17H20N6O3/c24-16(22-7-1-2-8-26-22)9-14-12-21(11-13-3-4-20-23(13)14)17(25)15-10-18-5-6-19-15/h3-6,10,14H,1-2,7-9,11-12H2/t14-/m0/s1. The van der Waals surface area contributed by atoms with E-state index >= 15 is 0 Å². The summed E-state index contributed by atoms with van der Waals surface area (Å²) in [6, 6.07) is 1.64. The van der Waals surface area contributed by atoms with E-state index in [1.54, 1.807) is 11.1 Å². The Kier molecular flexibility index (Phi) is 4.61. The summed E-state index contributed by atoms with van der Waals surface area (Å²) in [5.74, 6) is -0.276. The number of fused-ring (bicyclic) bond motifs is 1. The van der Waals surface area contributed by atoms with E-state index in [-0.39, 0.29) is 24.3 Å². The van der Waals surface area contributed by atoms with E-state index in [9.17, 15) is 9.59 Å². The molecule has 0 spiro atoms. The number of nitrogens with zero attached hydrogens (tertiary/aromatic N) is 6. The van der Waals surface area contributed by atoms with Crippen molar-refractivity contribution in [2.45, 2.75) is 31.8 Å². The number of carbonyl (C=O) groups is 2. The van der Waals surface area contributed by atoms with Gasteiger partial charge >= 0.3 is 0 Å². The van der Waals surface area contributed by atoms with Crippen molar-refractivity contribution in [3.8, 4) is 0 Å². The van der Waals surface area contributed by atoms with Crippen LogP contribution in [0, 0.1) is 0 Å². The molecule has 1 saturated heterocycles. The summed E-state index contributed by atoms with van der Waals surface area (Å²) in [5.41, 5.74) is 1.19. The monoisotopic (exact) mass is 356 g/mol. The van der Waals surface area contributed by atoms with Crippen molar-refractivity contribution in [3.63, 3.8) is 0 Å². The third kappa shape index (κ3) is 3.30. The lowest BCUT2D eigenvalue weighted by atomic mass is 10.1. The molecule has 2 amide bonds. The van der Waals surface area contributed by atoms with Crippen molar-refractivity contribution < 1.29 is 14.4 Å². The summed E-state index contributed by atoms with van der Waals surface area (Å²) >= 11 is 0. The number of hydroxylamine groups is 2. The first kappa shape index (κ1) is 16.6. The van der Waals surface area contributed by atoms with Gasteiger partial charge in [0.05, 0.1) is 37.5 Å². The molecular formula is C17H20N6O3. The van der Waals surface area contributed by atoms with Gasteiger partial charge in [-0.15, -0.1) is 0 Å². The Morgan fingerprint density at radius 2 is 2.15 bits per heavy atom. The van der Waals surface area contributed by atoms with Gasteiger partial charge < -0.3 is 4.90 Å².